The highest BCUT2D eigenvalue weighted by atomic mass is 31.1. The minimum atomic E-state index is -2.90. The number of hydrogen-bond donors (Lipinski definition) is 3. The molecule has 1 heterocycles. The maximum Gasteiger partial charge on any atom is 0.326 e. The Labute approximate surface area is 171 Å². The van der Waals surface area contributed by atoms with Crippen molar-refractivity contribution in [3.63, 3.8) is 0 Å². The molecule has 1 aliphatic heterocycles. The molecule has 1 fully saturated rings. The van der Waals surface area contributed by atoms with Gasteiger partial charge in [0.15, 0.2) is 0 Å². The lowest BCUT2D eigenvalue weighted by Gasteiger charge is -2.27. The van der Waals surface area contributed by atoms with Crippen LogP contribution in [0.2, 0.25) is 0 Å². The molecule has 2 rings (SSSR count). The van der Waals surface area contributed by atoms with Gasteiger partial charge in [-0.15, -0.1) is 0 Å². The van der Waals surface area contributed by atoms with E-state index in [0.29, 0.717) is 51.6 Å². The summed E-state index contributed by atoms with van der Waals surface area (Å²) < 4.78 is 18.1. The van der Waals surface area contributed by atoms with Crippen LogP contribution in [-0.2, 0) is 25.1 Å². The minimum Gasteiger partial charge on any atom is -0.480 e. The fraction of sp³-hybridized carbons (Fsp3) is 0.600. The SMILES string of the molecule is NCCCCC(O[PH](=O)[C@H](O)CCc1ccccc1)C(=O)N1CCC[C@H]1C(=O)O. The molecule has 1 amide bonds. The molecule has 29 heavy (non-hydrogen) atoms. The molecule has 8 nitrogen and oxygen atoms in total. The molecule has 0 aliphatic carbocycles. The zero-order valence-corrected chi connectivity index (χ0v) is 17.5. The smallest absolute Gasteiger partial charge is 0.326 e. The number of carbonyl (C=O) groups excluding carboxylic acids is 1. The summed E-state index contributed by atoms with van der Waals surface area (Å²) in [4.78, 5) is 25.6. The summed E-state index contributed by atoms with van der Waals surface area (Å²) in [5.74, 6) is -2.69. The third-order valence-electron chi connectivity index (χ3n) is 5.10. The predicted octanol–water partition coefficient (Wildman–Crippen LogP) is 2.00. The lowest BCUT2D eigenvalue weighted by atomic mass is 10.1. The molecule has 1 aromatic rings. The van der Waals surface area contributed by atoms with Gasteiger partial charge in [-0.2, -0.15) is 0 Å². The number of aliphatic hydroxyl groups excluding tert-OH is 1. The van der Waals surface area contributed by atoms with Crippen LogP contribution in [0.4, 0.5) is 0 Å². The monoisotopic (exact) mass is 426 g/mol. The normalized spacial score (nSPS) is 19.7. The quantitative estimate of drug-likeness (QED) is 0.344. The number of nitrogens with zero attached hydrogens (tertiary/aromatic N) is 1. The van der Waals surface area contributed by atoms with E-state index in [9.17, 15) is 24.4 Å². The largest absolute Gasteiger partial charge is 0.480 e. The van der Waals surface area contributed by atoms with E-state index in [1.54, 1.807) is 0 Å². The van der Waals surface area contributed by atoms with Crippen LogP contribution in [-0.4, -0.2) is 58.1 Å². The Morgan fingerprint density at radius 3 is 2.62 bits per heavy atom. The molecule has 162 valence electrons. The number of aliphatic carboxylic acids is 1. The van der Waals surface area contributed by atoms with E-state index in [1.165, 1.54) is 4.90 Å². The summed E-state index contributed by atoms with van der Waals surface area (Å²) in [6, 6.07) is 8.64. The molecule has 1 aromatic carbocycles. The molecule has 0 spiro atoms. The first-order chi connectivity index (χ1) is 13.9. The Hall–Kier alpha value is -1.73. The zero-order valence-electron chi connectivity index (χ0n) is 16.5. The highest BCUT2D eigenvalue weighted by molar-refractivity contribution is 7.39. The van der Waals surface area contributed by atoms with Crippen molar-refractivity contribution in [2.75, 3.05) is 13.1 Å². The molecule has 2 unspecified atom stereocenters. The molecule has 9 heteroatoms. The topological polar surface area (TPSA) is 130 Å². The number of carbonyl (C=O) groups is 2. The molecule has 4 atom stereocenters. The van der Waals surface area contributed by atoms with Crippen LogP contribution in [0.15, 0.2) is 30.3 Å². The number of nitrogens with two attached hydrogens (primary N) is 1. The van der Waals surface area contributed by atoms with Gasteiger partial charge >= 0.3 is 5.97 Å². The van der Waals surface area contributed by atoms with Crippen LogP contribution in [0.25, 0.3) is 0 Å². The second kappa shape index (κ2) is 12.1. The van der Waals surface area contributed by atoms with E-state index in [1.807, 2.05) is 30.3 Å². The number of amides is 1. The highest BCUT2D eigenvalue weighted by Crippen LogP contribution is 2.35. The number of aliphatic hydroxyl groups is 1. The van der Waals surface area contributed by atoms with Gasteiger partial charge in [0.1, 0.15) is 18.0 Å². The van der Waals surface area contributed by atoms with Crippen LogP contribution in [0.5, 0.6) is 0 Å². The summed E-state index contributed by atoms with van der Waals surface area (Å²) in [5, 5.41) is 19.6. The van der Waals surface area contributed by atoms with Gasteiger partial charge < -0.3 is 25.4 Å². The Kier molecular flexibility index (Phi) is 9.81. The van der Waals surface area contributed by atoms with Gasteiger partial charge in [-0.3, -0.25) is 9.36 Å². The van der Waals surface area contributed by atoms with Crippen LogP contribution in [0.1, 0.15) is 44.1 Å². The maximum absolute atomic E-state index is 12.9. The predicted molar refractivity (Wildman–Crippen MR) is 110 cm³/mol. The van der Waals surface area contributed by atoms with Gasteiger partial charge in [0.05, 0.1) is 0 Å². The number of aryl methyl sites for hydroxylation is 1. The average Bonchev–Trinajstić information content (AvgIpc) is 3.21. The lowest BCUT2D eigenvalue weighted by molar-refractivity contribution is -0.151. The first kappa shape index (κ1) is 23.5. The van der Waals surface area contributed by atoms with Crippen LogP contribution >= 0.6 is 8.03 Å². The van der Waals surface area contributed by atoms with Gasteiger partial charge in [-0.1, -0.05) is 30.3 Å². The number of carboxylic acid groups (broad SMARTS) is 1. The second-order valence-electron chi connectivity index (χ2n) is 7.28. The van der Waals surface area contributed by atoms with Crippen LogP contribution in [0, 0.1) is 0 Å². The summed E-state index contributed by atoms with van der Waals surface area (Å²) in [6.07, 6.45) is 2.33. The van der Waals surface area contributed by atoms with E-state index in [2.05, 4.69) is 0 Å². The van der Waals surface area contributed by atoms with Crippen LogP contribution < -0.4 is 5.73 Å². The Morgan fingerprint density at radius 1 is 1.24 bits per heavy atom. The van der Waals surface area contributed by atoms with Gasteiger partial charge in [-0.05, 0) is 57.1 Å². The average molecular weight is 426 g/mol. The minimum absolute atomic E-state index is 0.257. The van der Waals surface area contributed by atoms with Crippen molar-refractivity contribution < 1.29 is 28.9 Å². The van der Waals surface area contributed by atoms with Crippen molar-refractivity contribution in [2.24, 2.45) is 5.73 Å². The van der Waals surface area contributed by atoms with Crippen molar-refractivity contribution in [2.45, 2.75) is 62.9 Å². The summed E-state index contributed by atoms with van der Waals surface area (Å²) in [7, 11) is -2.90. The molecule has 0 radical (unpaired) electrons. The van der Waals surface area contributed by atoms with Crippen molar-refractivity contribution in [3.8, 4) is 0 Å². The maximum atomic E-state index is 12.9. The number of carboxylic acids is 1. The Bertz CT molecular complexity index is 687. The van der Waals surface area contributed by atoms with E-state index >= 15 is 0 Å². The van der Waals surface area contributed by atoms with E-state index < -0.39 is 37.9 Å². The molecule has 0 saturated carbocycles. The molecular formula is C20H31N2O6P. The Morgan fingerprint density at radius 2 is 1.97 bits per heavy atom. The standard InChI is InChI=1S/C20H31N2O6P/c21-13-5-4-10-17(19(24)22-14-6-9-16(22)20(25)26)28-29(27)18(23)12-11-15-7-2-1-3-8-15/h1-3,7-8,16-18,23,29H,4-6,9-14,21H2,(H,25,26)/t16-,17?,18-/m0/s1. The van der Waals surface area contributed by atoms with Crippen LogP contribution in [0.3, 0.4) is 0 Å². The van der Waals surface area contributed by atoms with E-state index in [0.717, 1.165) is 5.56 Å². The summed E-state index contributed by atoms with van der Waals surface area (Å²) in [6.45, 7) is 0.793. The first-order valence-electron chi connectivity index (χ1n) is 10.1. The van der Waals surface area contributed by atoms with Gasteiger partial charge in [0.25, 0.3) is 5.91 Å². The third-order valence-corrected chi connectivity index (χ3v) is 6.45. The number of likely N-dealkylation sites (tertiary alicyclic amines) is 1. The van der Waals surface area contributed by atoms with Crippen molar-refractivity contribution in [1.82, 2.24) is 4.90 Å². The molecule has 4 N–H and O–H groups in total. The first-order valence-corrected chi connectivity index (χ1v) is 11.5. The number of hydrogen-bond acceptors (Lipinski definition) is 6. The summed E-state index contributed by atoms with van der Waals surface area (Å²) in [5.41, 5.74) is 6.52. The zero-order chi connectivity index (χ0) is 21.2. The summed E-state index contributed by atoms with van der Waals surface area (Å²) >= 11 is 0. The number of rotatable bonds is 12. The fourth-order valence-electron chi connectivity index (χ4n) is 3.46. The number of benzene rings is 1. The van der Waals surface area contributed by atoms with E-state index in [-0.39, 0.29) is 6.42 Å². The highest BCUT2D eigenvalue weighted by Gasteiger charge is 2.38. The Balaban J connectivity index is 1.97. The molecular weight excluding hydrogens is 395 g/mol. The van der Waals surface area contributed by atoms with E-state index in [4.69, 9.17) is 10.3 Å². The molecule has 1 aliphatic rings. The van der Waals surface area contributed by atoms with Crippen molar-refractivity contribution >= 4 is 19.9 Å². The fourth-order valence-corrected chi connectivity index (χ4v) is 4.50. The molecule has 0 aromatic heterocycles. The number of unbranched alkanes of at least 4 members (excludes halogenated alkanes) is 1. The van der Waals surface area contributed by atoms with Crippen molar-refractivity contribution in [1.29, 1.82) is 0 Å². The third kappa shape index (κ3) is 7.23. The molecule has 1 saturated heterocycles. The van der Waals surface area contributed by atoms with Gasteiger partial charge in [-0.25, -0.2) is 4.79 Å². The molecule has 0 bridgehead atoms. The van der Waals surface area contributed by atoms with Crippen molar-refractivity contribution in [3.05, 3.63) is 35.9 Å². The second-order valence-corrected chi connectivity index (χ2v) is 8.82. The van der Waals surface area contributed by atoms with Gasteiger partial charge in [0, 0.05) is 6.54 Å². The lowest BCUT2D eigenvalue weighted by Crippen LogP contribution is -2.46. The van der Waals surface area contributed by atoms with Gasteiger partial charge in [0.2, 0.25) is 8.03 Å².